The number of amides is 1. The number of halogens is 3. The van der Waals surface area contributed by atoms with Gasteiger partial charge < -0.3 is 15.4 Å². The molecule has 33 heavy (non-hydrogen) atoms. The van der Waals surface area contributed by atoms with Gasteiger partial charge in [0, 0.05) is 28.7 Å². The number of H-pyrrole nitrogens is 1. The summed E-state index contributed by atoms with van der Waals surface area (Å²) in [5, 5.41) is 20.0. The number of alkyl halides is 3. The van der Waals surface area contributed by atoms with E-state index in [1.807, 2.05) is 13.1 Å². The van der Waals surface area contributed by atoms with Gasteiger partial charge in [0.1, 0.15) is 17.6 Å². The number of carboxylic acids is 1. The van der Waals surface area contributed by atoms with Gasteiger partial charge in [-0.15, -0.1) is 11.3 Å². The molecule has 0 spiro atoms. The maximum atomic E-state index is 11.3. The number of carboxylic acid groups (broad SMARTS) is 1. The third-order valence-corrected chi connectivity index (χ3v) is 5.60. The van der Waals surface area contributed by atoms with E-state index in [9.17, 15) is 18.0 Å². The number of hydrogen-bond donors (Lipinski definition) is 3. The van der Waals surface area contributed by atoms with E-state index >= 15 is 0 Å². The average Bonchev–Trinajstić information content (AvgIpc) is 3.28. The number of nitrogens with zero attached hydrogens (tertiary/aromatic N) is 3. The third-order valence-electron chi connectivity index (χ3n) is 4.47. The molecule has 12 heteroatoms. The zero-order chi connectivity index (χ0) is 24.8. The molecule has 0 saturated carbocycles. The predicted octanol–water partition coefficient (Wildman–Crippen LogP) is 4.07. The molecule has 1 amide bonds. The number of aryl methyl sites for hydroxylation is 1. The highest BCUT2D eigenvalue weighted by molar-refractivity contribution is 7.19. The number of hydrogen-bond acceptors (Lipinski definition) is 6. The van der Waals surface area contributed by atoms with E-state index in [0.29, 0.717) is 12.2 Å². The van der Waals surface area contributed by atoms with Crippen molar-refractivity contribution in [2.24, 2.45) is 0 Å². The number of likely N-dealkylation sites (N-methyl/N-ethyl adjacent to an activating group) is 1. The van der Waals surface area contributed by atoms with Crippen molar-refractivity contribution in [3.8, 4) is 6.07 Å². The minimum atomic E-state index is -5.08. The molecule has 176 valence electrons. The van der Waals surface area contributed by atoms with Crippen LogP contribution in [0.25, 0.3) is 10.1 Å². The number of nitrogens with one attached hydrogen (secondary N) is 2. The minimum absolute atomic E-state index is 0.0622. The lowest BCUT2D eigenvalue weighted by Crippen LogP contribution is -2.21. The van der Waals surface area contributed by atoms with E-state index in [2.05, 4.69) is 45.3 Å². The van der Waals surface area contributed by atoms with Crippen LogP contribution in [0.3, 0.4) is 0 Å². The summed E-state index contributed by atoms with van der Waals surface area (Å²) in [6.45, 7) is 5.20. The fraction of sp³-hybridized carbons (Fsp3) is 0.333. The Balaban J connectivity index is 0.000000479. The molecule has 0 bridgehead atoms. The molecule has 0 aliphatic heterocycles. The highest BCUT2D eigenvalue weighted by Gasteiger charge is 2.38. The van der Waals surface area contributed by atoms with Crippen molar-refractivity contribution in [2.45, 2.75) is 33.0 Å². The second-order valence-corrected chi connectivity index (χ2v) is 8.43. The molecule has 2 heterocycles. The van der Waals surface area contributed by atoms with Crippen LogP contribution in [0, 0.1) is 18.3 Å². The molecule has 1 aromatic carbocycles. The minimum Gasteiger partial charge on any atom is -0.475 e. The monoisotopic (exact) mass is 481 g/mol. The standard InChI is InChI=1S/C19H21N5OS.C2HF3O2/c1-12-16(6-7-24(3)11-19-21-10-15(9-20)23-19)17-8-14(22-13(2)25)4-5-18(17)26-12;3-2(4,5)1(6)7/h4-5,8,10H,6-7,11H2,1-3H3,(H,21,23)(H,22,25);(H,6,7). The largest absolute Gasteiger partial charge is 0.490 e. The molecule has 2 aromatic heterocycles. The highest BCUT2D eigenvalue weighted by Crippen LogP contribution is 2.33. The van der Waals surface area contributed by atoms with E-state index in [0.717, 1.165) is 24.5 Å². The molecular weight excluding hydrogens is 459 g/mol. The van der Waals surface area contributed by atoms with E-state index in [1.54, 1.807) is 17.5 Å². The Morgan fingerprint density at radius 3 is 2.58 bits per heavy atom. The Kier molecular flexibility index (Phi) is 8.56. The first-order valence-electron chi connectivity index (χ1n) is 9.63. The van der Waals surface area contributed by atoms with Crippen molar-refractivity contribution in [1.82, 2.24) is 14.9 Å². The molecule has 0 aliphatic carbocycles. The predicted molar refractivity (Wildman–Crippen MR) is 118 cm³/mol. The SMILES string of the molecule is CC(=O)Nc1ccc2sc(C)c(CCN(C)Cc3ncc(C#N)[nH]3)c2c1.O=C(O)C(F)(F)F. The summed E-state index contributed by atoms with van der Waals surface area (Å²) in [5.74, 6) is -2.02. The number of benzene rings is 1. The molecule has 3 rings (SSSR count). The smallest absolute Gasteiger partial charge is 0.475 e. The quantitative estimate of drug-likeness (QED) is 0.488. The van der Waals surface area contributed by atoms with Crippen molar-refractivity contribution < 1.29 is 27.9 Å². The highest BCUT2D eigenvalue weighted by atomic mass is 32.1. The van der Waals surface area contributed by atoms with Crippen LogP contribution in [0.4, 0.5) is 18.9 Å². The van der Waals surface area contributed by atoms with Crippen LogP contribution in [-0.4, -0.2) is 51.6 Å². The van der Waals surface area contributed by atoms with Crippen LogP contribution in [0.5, 0.6) is 0 Å². The zero-order valence-electron chi connectivity index (χ0n) is 18.1. The summed E-state index contributed by atoms with van der Waals surface area (Å²) in [6.07, 6.45) is -2.61. The number of aromatic amines is 1. The molecule has 0 unspecified atom stereocenters. The zero-order valence-corrected chi connectivity index (χ0v) is 18.9. The number of rotatable bonds is 6. The topological polar surface area (TPSA) is 122 Å². The maximum absolute atomic E-state index is 11.3. The van der Waals surface area contributed by atoms with Gasteiger partial charge in [0.05, 0.1) is 12.7 Å². The summed E-state index contributed by atoms with van der Waals surface area (Å²) in [5.41, 5.74) is 2.64. The second-order valence-electron chi connectivity index (χ2n) is 7.17. The molecule has 0 radical (unpaired) electrons. The number of carbonyl (C=O) groups is 2. The first kappa shape index (κ1) is 25.8. The molecule has 8 nitrogen and oxygen atoms in total. The first-order valence-corrected chi connectivity index (χ1v) is 10.4. The van der Waals surface area contributed by atoms with Crippen LogP contribution in [-0.2, 0) is 22.6 Å². The first-order chi connectivity index (χ1) is 15.4. The number of aliphatic carboxylic acids is 1. The Morgan fingerprint density at radius 1 is 1.36 bits per heavy atom. The summed E-state index contributed by atoms with van der Waals surface area (Å²) in [7, 11) is 2.04. The fourth-order valence-electron chi connectivity index (χ4n) is 3.00. The number of carbonyl (C=O) groups excluding carboxylic acids is 1. The maximum Gasteiger partial charge on any atom is 0.490 e. The van der Waals surface area contributed by atoms with Gasteiger partial charge >= 0.3 is 12.1 Å². The van der Waals surface area contributed by atoms with Gasteiger partial charge in [0.25, 0.3) is 0 Å². The number of nitriles is 1. The summed E-state index contributed by atoms with van der Waals surface area (Å²) < 4.78 is 33.0. The second kappa shape index (κ2) is 10.9. The number of aromatic nitrogens is 2. The van der Waals surface area contributed by atoms with Crippen LogP contribution in [0.2, 0.25) is 0 Å². The lowest BCUT2D eigenvalue weighted by Gasteiger charge is -2.15. The van der Waals surface area contributed by atoms with Gasteiger partial charge in [-0.25, -0.2) is 9.78 Å². The van der Waals surface area contributed by atoms with Gasteiger partial charge in [0.2, 0.25) is 5.91 Å². The molecule has 0 saturated heterocycles. The molecular formula is C21H22F3N5O3S. The van der Waals surface area contributed by atoms with Gasteiger partial charge in [-0.1, -0.05) is 0 Å². The lowest BCUT2D eigenvalue weighted by atomic mass is 10.1. The van der Waals surface area contributed by atoms with Crippen LogP contribution < -0.4 is 5.32 Å². The molecule has 0 fully saturated rings. The molecule has 0 atom stereocenters. The molecule has 3 aromatic rings. The number of fused-ring (bicyclic) bond motifs is 1. The summed E-state index contributed by atoms with van der Waals surface area (Å²) >= 11 is 1.78. The van der Waals surface area contributed by atoms with Crippen LogP contribution >= 0.6 is 11.3 Å². The molecule has 3 N–H and O–H groups in total. The fourth-order valence-corrected chi connectivity index (χ4v) is 4.09. The average molecular weight is 482 g/mol. The van der Waals surface area contributed by atoms with E-state index < -0.39 is 12.1 Å². The van der Waals surface area contributed by atoms with Crippen molar-refractivity contribution in [3.05, 3.63) is 46.4 Å². The number of imidazole rings is 1. The van der Waals surface area contributed by atoms with Crippen molar-refractivity contribution in [3.63, 3.8) is 0 Å². The van der Waals surface area contributed by atoms with Gasteiger partial charge in [-0.3, -0.25) is 9.69 Å². The summed E-state index contributed by atoms with van der Waals surface area (Å²) in [4.78, 5) is 30.9. The lowest BCUT2D eigenvalue weighted by molar-refractivity contribution is -0.192. The van der Waals surface area contributed by atoms with E-state index in [-0.39, 0.29) is 5.91 Å². The van der Waals surface area contributed by atoms with Crippen LogP contribution in [0.1, 0.15) is 28.9 Å². The third kappa shape index (κ3) is 7.58. The molecule has 0 aliphatic rings. The number of anilines is 1. The Bertz CT molecular complexity index is 1180. The van der Waals surface area contributed by atoms with Gasteiger partial charge in [0.15, 0.2) is 0 Å². The summed E-state index contributed by atoms with van der Waals surface area (Å²) in [6, 6.07) is 8.12. The van der Waals surface area contributed by atoms with Gasteiger partial charge in [-0.2, -0.15) is 18.4 Å². The van der Waals surface area contributed by atoms with Crippen LogP contribution in [0.15, 0.2) is 24.4 Å². The Labute approximate surface area is 191 Å². The van der Waals surface area contributed by atoms with Crippen molar-refractivity contribution >= 4 is 39.0 Å². The van der Waals surface area contributed by atoms with Gasteiger partial charge in [-0.05, 0) is 49.5 Å². The Hall–Kier alpha value is -3.43. The van der Waals surface area contributed by atoms with E-state index in [1.165, 1.54) is 27.5 Å². The van der Waals surface area contributed by atoms with Crippen molar-refractivity contribution in [1.29, 1.82) is 5.26 Å². The van der Waals surface area contributed by atoms with Crippen molar-refractivity contribution in [2.75, 3.05) is 18.9 Å². The normalized spacial score (nSPS) is 11.1. The number of thiophene rings is 1. The Morgan fingerprint density at radius 2 is 2.03 bits per heavy atom. The van der Waals surface area contributed by atoms with E-state index in [4.69, 9.17) is 15.2 Å².